The third-order valence-corrected chi connectivity index (χ3v) is 5.69. The van der Waals surface area contributed by atoms with E-state index >= 15 is 0 Å². The summed E-state index contributed by atoms with van der Waals surface area (Å²) in [6.07, 6.45) is 3.04. The summed E-state index contributed by atoms with van der Waals surface area (Å²) in [5, 5.41) is 3.72. The van der Waals surface area contributed by atoms with Gasteiger partial charge in [-0.3, -0.25) is 9.52 Å². The fourth-order valence-corrected chi connectivity index (χ4v) is 3.78. The Bertz CT molecular complexity index is 1140. The maximum absolute atomic E-state index is 12.5. The summed E-state index contributed by atoms with van der Waals surface area (Å²) >= 11 is 11.7. The van der Waals surface area contributed by atoms with Crippen LogP contribution in [0.15, 0.2) is 83.8 Å². The van der Waals surface area contributed by atoms with Gasteiger partial charge in [-0.05, 0) is 66.2 Å². The van der Waals surface area contributed by atoms with E-state index in [9.17, 15) is 13.2 Å². The van der Waals surface area contributed by atoms with Crippen LogP contribution >= 0.6 is 23.2 Å². The first-order valence-corrected chi connectivity index (χ1v) is 10.7. The Hall–Kier alpha value is -2.80. The van der Waals surface area contributed by atoms with E-state index in [0.29, 0.717) is 21.4 Å². The van der Waals surface area contributed by atoms with Crippen molar-refractivity contribution in [1.82, 2.24) is 0 Å². The van der Waals surface area contributed by atoms with Gasteiger partial charge < -0.3 is 5.32 Å². The first kappa shape index (κ1) is 20.9. The molecule has 29 heavy (non-hydrogen) atoms. The molecule has 0 spiro atoms. The highest BCUT2D eigenvalue weighted by atomic mass is 35.5. The molecule has 0 fully saturated rings. The van der Waals surface area contributed by atoms with E-state index in [-0.39, 0.29) is 10.8 Å². The van der Waals surface area contributed by atoms with Gasteiger partial charge in [0, 0.05) is 21.8 Å². The third kappa shape index (κ3) is 6.09. The molecule has 148 valence electrons. The molecule has 0 radical (unpaired) electrons. The van der Waals surface area contributed by atoms with Crippen LogP contribution in [0.1, 0.15) is 5.56 Å². The lowest BCUT2D eigenvalue weighted by Crippen LogP contribution is -2.13. The van der Waals surface area contributed by atoms with Gasteiger partial charge in [0.05, 0.1) is 10.6 Å². The van der Waals surface area contributed by atoms with Crippen LogP contribution in [0.5, 0.6) is 0 Å². The van der Waals surface area contributed by atoms with Crippen LogP contribution in [-0.2, 0) is 14.8 Å². The van der Waals surface area contributed by atoms with E-state index in [1.54, 1.807) is 48.5 Å². The Kier molecular flexibility index (Phi) is 6.59. The summed E-state index contributed by atoms with van der Waals surface area (Å²) in [5.74, 6) is -0.340. The number of hydrogen-bond acceptors (Lipinski definition) is 3. The second-order valence-electron chi connectivity index (χ2n) is 6.01. The normalized spacial score (nSPS) is 11.4. The molecule has 1 amide bonds. The van der Waals surface area contributed by atoms with E-state index in [0.717, 1.165) is 5.56 Å². The SMILES string of the molecule is O=C(/C=C/c1ccc(Cl)cc1)Nc1ccc(S(=O)(=O)Nc2cccc(Cl)c2)cc1. The molecule has 0 aliphatic heterocycles. The number of benzene rings is 3. The van der Waals surface area contributed by atoms with E-state index < -0.39 is 10.0 Å². The minimum Gasteiger partial charge on any atom is -0.323 e. The quantitative estimate of drug-likeness (QED) is 0.494. The van der Waals surface area contributed by atoms with Gasteiger partial charge in [0.1, 0.15) is 0 Å². The summed E-state index contributed by atoms with van der Waals surface area (Å²) in [4.78, 5) is 12.1. The van der Waals surface area contributed by atoms with Crippen LogP contribution in [0.3, 0.4) is 0 Å². The molecular weight excluding hydrogens is 431 g/mol. The van der Waals surface area contributed by atoms with Crippen molar-refractivity contribution in [1.29, 1.82) is 0 Å². The van der Waals surface area contributed by atoms with Gasteiger partial charge in [0.2, 0.25) is 5.91 Å². The molecule has 3 rings (SSSR count). The summed E-state index contributed by atoms with van der Waals surface area (Å²) in [6.45, 7) is 0. The van der Waals surface area contributed by atoms with E-state index in [1.165, 1.54) is 36.4 Å². The maximum Gasteiger partial charge on any atom is 0.261 e. The molecule has 0 bridgehead atoms. The molecule has 8 heteroatoms. The molecular formula is C21H16Cl2N2O3S. The Morgan fingerprint density at radius 1 is 0.828 bits per heavy atom. The van der Waals surface area contributed by atoms with E-state index in [4.69, 9.17) is 23.2 Å². The van der Waals surface area contributed by atoms with Gasteiger partial charge in [0.25, 0.3) is 10.0 Å². The number of sulfonamides is 1. The van der Waals surface area contributed by atoms with E-state index in [2.05, 4.69) is 10.0 Å². The Morgan fingerprint density at radius 3 is 2.17 bits per heavy atom. The predicted octanol–water partition coefficient (Wildman–Crippen LogP) is 5.45. The minimum absolute atomic E-state index is 0.0622. The van der Waals surface area contributed by atoms with Crippen LogP contribution < -0.4 is 10.0 Å². The molecule has 5 nitrogen and oxygen atoms in total. The monoisotopic (exact) mass is 446 g/mol. The lowest BCUT2D eigenvalue weighted by molar-refractivity contribution is -0.111. The smallest absolute Gasteiger partial charge is 0.261 e. The summed E-state index contributed by atoms with van der Waals surface area (Å²) in [5.41, 5.74) is 1.66. The molecule has 0 aliphatic carbocycles. The first-order valence-electron chi connectivity index (χ1n) is 8.45. The second-order valence-corrected chi connectivity index (χ2v) is 8.57. The van der Waals surface area contributed by atoms with Gasteiger partial charge in [-0.1, -0.05) is 41.4 Å². The molecule has 0 saturated carbocycles. The van der Waals surface area contributed by atoms with Crippen LogP contribution in [0.4, 0.5) is 11.4 Å². The average molecular weight is 447 g/mol. The number of carbonyl (C=O) groups is 1. The molecule has 0 atom stereocenters. The number of anilines is 2. The maximum atomic E-state index is 12.5. The van der Waals surface area contributed by atoms with Crippen molar-refractivity contribution in [3.05, 3.63) is 94.5 Å². The molecule has 0 aromatic heterocycles. The van der Waals surface area contributed by atoms with Gasteiger partial charge in [0.15, 0.2) is 0 Å². The number of carbonyl (C=O) groups excluding carboxylic acids is 1. The Balaban J connectivity index is 1.64. The molecule has 0 unspecified atom stereocenters. The fraction of sp³-hybridized carbons (Fsp3) is 0. The van der Waals surface area contributed by atoms with Crippen LogP contribution in [0.2, 0.25) is 10.0 Å². The molecule has 0 saturated heterocycles. The molecule has 3 aromatic rings. The number of hydrogen-bond donors (Lipinski definition) is 2. The highest BCUT2D eigenvalue weighted by molar-refractivity contribution is 7.92. The largest absolute Gasteiger partial charge is 0.323 e. The summed E-state index contributed by atoms with van der Waals surface area (Å²) in [7, 11) is -3.77. The van der Waals surface area contributed by atoms with Gasteiger partial charge in [-0.25, -0.2) is 8.42 Å². The van der Waals surface area contributed by atoms with Crippen molar-refractivity contribution >= 4 is 56.6 Å². The lowest BCUT2D eigenvalue weighted by atomic mass is 10.2. The number of nitrogens with one attached hydrogen (secondary N) is 2. The van der Waals surface area contributed by atoms with Crippen molar-refractivity contribution in [2.45, 2.75) is 4.90 Å². The topological polar surface area (TPSA) is 75.3 Å². The lowest BCUT2D eigenvalue weighted by Gasteiger charge is -2.09. The van der Waals surface area contributed by atoms with Gasteiger partial charge in [-0.15, -0.1) is 0 Å². The Morgan fingerprint density at radius 2 is 1.52 bits per heavy atom. The molecule has 3 aromatic carbocycles. The number of amides is 1. The van der Waals surface area contributed by atoms with E-state index in [1.807, 2.05) is 0 Å². The fourth-order valence-electron chi connectivity index (χ4n) is 2.41. The minimum atomic E-state index is -3.77. The highest BCUT2D eigenvalue weighted by Crippen LogP contribution is 2.21. The summed E-state index contributed by atoms with van der Waals surface area (Å²) < 4.78 is 27.4. The zero-order valence-corrected chi connectivity index (χ0v) is 17.3. The van der Waals surface area contributed by atoms with Crippen molar-refractivity contribution in [3.8, 4) is 0 Å². The molecule has 2 N–H and O–H groups in total. The number of rotatable bonds is 6. The van der Waals surface area contributed by atoms with Crippen LogP contribution in [-0.4, -0.2) is 14.3 Å². The average Bonchev–Trinajstić information content (AvgIpc) is 2.68. The van der Waals surface area contributed by atoms with Crippen molar-refractivity contribution in [2.24, 2.45) is 0 Å². The zero-order chi connectivity index (χ0) is 20.9. The van der Waals surface area contributed by atoms with Crippen molar-refractivity contribution < 1.29 is 13.2 Å². The number of halogens is 2. The standard InChI is InChI=1S/C21H16Cl2N2O3S/c22-16-7-4-15(5-8-16)6-13-21(26)24-18-9-11-20(12-10-18)29(27,28)25-19-3-1-2-17(23)14-19/h1-14,25H,(H,24,26)/b13-6+. The van der Waals surface area contributed by atoms with Gasteiger partial charge >= 0.3 is 0 Å². The molecule has 0 heterocycles. The first-order chi connectivity index (χ1) is 13.8. The van der Waals surface area contributed by atoms with Crippen molar-refractivity contribution in [3.63, 3.8) is 0 Å². The highest BCUT2D eigenvalue weighted by Gasteiger charge is 2.14. The summed E-state index contributed by atoms with van der Waals surface area (Å²) in [6, 6.07) is 19.3. The molecule has 0 aliphatic rings. The van der Waals surface area contributed by atoms with Gasteiger partial charge in [-0.2, -0.15) is 0 Å². The van der Waals surface area contributed by atoms with Crippen LogP contribution in [0.25, 0.3) is 6.08 Å². The third-order valence-electron chi connectivity index (χ3n) is 3.81. The second kappa shape index (κ2) is 9.13. The van der Waals surface area contributed by atoms with Crippen molar-refractivity contribution in [2.75, 3.05) is 10.0 Å². The van der Waals surface area contributed by atoms with Crippen LogP contribution in [0, 0.1) is 0 Å². The zero-order valence-electron chi connectivity index (χ0n) is 15.0. The predicted molar refractivity (Wildman–Crippen MR) is 118 cm³/mol. The Labute approximate surface area is 179 Å².